The first-order valence-electron chi connectivity index (χ1n) is 13.1. The summed E-state index contributed by atoms with van der Waals surface area (Å²) >= 11 is 0. The number of rotatable bonds is 6. The lowest BCUT2D eigenvalue weighted by molar-refractivity contribution is 0.0824. The topological polar surface area (TPSA) is 57.9 Å². The van der Waals surface area contributed by atoms with E-state index in [4.69, 9.17) is 0 Å². The molecule has 0 amide bonds. The van der Waals surface area contributed by atoms with E-state index in [1.54, 1.807) is 30.5 Å². The van der Waals surface area contributed by atoms with Crippen molar-refractivity contribution in [1.29, 1.82) is 0 Å². The molecule has 0 spiro atoms. The molecule has 36 heavy (non-hydrogen) atoms. The molecule has 0 radical (unpaired) electrons. The van der Waals surface area contributed by atoms with Crippen molar-refractivity contribution >= 4 is 15.5 Å². The van der Waals surface area contributed by atoms with Crippen LogP contribution >= 0.6 is 0 Å². The van der Waals surface area contributed by atoms with Gasteiger partial charge in [-0.2, -0.15) is 4.39 Å². The Morgan fingerprint density at radius 2 is 1.64 bits per heavy atom. The van der Waals surface area contributed by atoms with Crippen molar-refractivity contribution in [2.75, 3.05) is 39.0 Å². The van der Waals surface area contributed by atoms with Gasteiger partial charge in [-0.05, 0) is 81.9 Å². The zero-order valence-electron chi connectivity index (χ0n) is 21.5. The third-order valence-electron chi connectivity index (χ3n) is 7.84. The molecule has 1 aromatic carbocycles. The molecule has 0 unspecified atom stereocenters. The minimum atomic E-state index is -3.26. The van der Waals surface area contributed by atoms with Crippen LogP contribution in [0, 0.1) is 11.9 Å². The van der Waals surface area contributed by atoms with Crippen LogP contribution < -0.4 is 0 Å². The fraction of sp³-hybridized carbons (Fsp3) is 0.536. The van der Waals surface area contributed by atoms with E-state index >= 15 is 4.39 Å². The highest BCUT2D eigenvalue weighted by molar-refractivity contribution is 7.90. The van der Waals surface area contributed by atoms with E-state index in [0.29, 0.717) is 17.4 Å². The van der Waals surface area contributed by atoms with Crippen molar-refractivity contribution in [3.8, 4) is 11.3 Å². The maximum absolute atomic E-state index is 15.6. The zero-order chi connectivity index (χ0) is 25.4. The third kappa shape index (κ3) is 5.36. The number of likely N-dealkylation sites (tertiary alicyclic amines) is 2. The van der Waals surface area contributed by atoms with Crippen molar-refractivity contribution < 1.29 is 12.8 Å². The Balaban J connectivity index is 1.25. The molecule has 2 aliphatic heterocycles. The summed E-state index contributed by atoms with van der Waals surface area (Å²) in [6.07, 6.45) is 7.32. The molecule has 2 aromatic heterocycles. The highest BCUT2D eigenvalue weighted by atomic mass is 32.2. The van der Waals surface area contributed by atoms with Gasteiger partial charge in [0.2, 0.25) is 5.95 Å². The number of fused-ring (bicyclic) bond motifs is 1. The van der Waals surface area contributed by atoms with Crippen LogP contribution in [0.25, 0.3) is 16.9 Å². The Morgan fingerprint density at radius 3 is 2.25 bits per heavy atom. The molecule has 0 bridgehead atoms. The summed E-state index contributed by atoms with van der Waals surface area (Å²) < 4.78 is 40.6. The van der Waals surface area contributed by atoms with Gasteiger partial charge in [-0.1, -0.05) is 32.0 Å². The van der Waals surface area contributed by atoms with Crippen LogP contribution in [-0.4, -0.2) is 72.6 Å². The van der Waals surface area contributed by atoms with E-state index in [9.17, 15) is 8.42 Å². The minimum absolute atomic E-state index is 0.214. The van der Waals surface area contributed by atoms with E-state index in [2.05, 4.69) is 28.6 Å². The van der Waals surface area contributed by atoms with E-state index < -0.39 is 9.84 Å². The second-order valence-corrected chi connectivity index (χ2v) is 13.0. The van der Waals surface area contributed by atoms with Crippen LogP contribution in [0.2, 0.25) is 0 Å². The number of piperidine rings is 2. The van der Waals surface area contributed by atoms with Gasteiger partial charge in [-0.25, -0.2) is 13.4 Å². The Morgan fingerprint density at radius 1 is 0.972 bits per heavy atom. The molecular weight excluding hydrogens is 475 g/mol. The third-order valence-corrected chi connectivity index (χ3v) is 8.97. The van der Waals surface area contributed by atoms with Gasteiger partial charge in [0.25, 0.3) is 0 Å². The molecule has 2 aliphatic rings. The monoisotopic (exact) mass is 512 g/mol. The van der Waals surface area contributed by atoms with E-state index in [-0.39, 0.29) is 16.8 Å². The van der Waals surface area contributed by atoms with Gasteiger partial charge in [0.15, 0.2) is 9.84 Å². The first-order chi connectivity index (χ1) is 17.2. The summed E-state index contributed by atoms with van der Waals surface area (Å²) in [7, 11) is -3.26. The van der Waals surface area contributed by atoms with Gasteiger partial charge < -0.3 is 9.80 Å². The Labute approximate surface area is 214 Å². The lowest BCUT2D eigenvalue weighted by Crippen LogP contribution is -2.48. The van der Waals surface area contributed by atoms with Crippen molar-refractivity contribution in [2.45, 2.75) is 56.4 Å². The molecule has 0 saturated carbocycles. The number of halogens is 1. The molecule has 2 fully saturated rings. The summed E-state index contributed by atoms with van der Waals surface area (Å²) in [5.41, 5.74) is 2.72. The highest BCUT2D eigenvalue weighted by Gasteiger charge is 2.30. The van der Waals surface area contributed by atoms with Crippen LogP contribution in [-0.2, 0) is 9.84 Å². The zero-order valence-corrected chi connectivity index (χ0v) is 22.3. The van der Waals surface area contributed by atoms with Crippen LogP contribution in [0.5, 0.6) is 0 Å². The second-order valence-electron chi connectivity index (χ2n) is 11.0. The van der Waals surface area contributed by atoms with Crippen molar-refractivity contribution in [3.05, 3.63) is 54.1 Å². The fourth-order valence-electron chi connectivity index (χ4n) is 5.92. The van der Waals surface area contributed by atoms with Gasteiger partial charge >= 0.3 is 0 Å². The fourth-order valence-corrected chi connectivity index (χ4v) is 6.55. The first-order valence-corrected chi connectivity index (χ1v) is 15.0. The maximum Gasteiger partial charge on any atom is 0.202 e. The highest BCUT2D eigenvalue weighted by Crippen LogP contribution is 2.33. The second kappa shape index (κ2) is 10.2. The van der Waals surface area contributed by atoms with Gasteiger partial charge in [-0.3, -0.25) is 4.40 Å². The molecule has 0 N–H and O–H groups in total. The SMILES string of the molecule is CC(C)CN1CCC(N2CCC(c3ccc4nc(-c5ccc(S(C)(=O)=O)cc5)cn4c3F)CC2)CC1. The summed E-state index contributed by atoms with van der Waals surface area (Å²) in [5.74, 6) is 0.697. The standard InChI is InChI=1S/C28H37FN4O2S/c1-20(2)18-31-14-12-23(13-15-31)32-16-10-21(11-17-32)25-8-9-27-30-26(19-33(27)28(25)29)22-4-6-24(7-5-22)36(3,34)35/h4-9,19-21,23H,10-18H2,1-3H3. The van der Waals surface area contributed by atoms with Crippen LogP contribution in [0.1, 0.15) is 51.0 Å². The number of aromatic nitrogens is 2. The molecule has 3 aromatic rings. The van der Waals surface area contributed by atoms with Gasteiger partial charge in [-0.15, -0.1) is 0 Å². The Kier molecular flexibility index (Phi) is 7.21. The van der Waals surface area contributed by atoms with Gasteiger partial charge in [0.1, 0.15) is 5.65 Å². The average Bonchev–Trinajstić information content (AvgIpc) is 3.30. The predicted octanol–water partition coefficient (Wildman–Crippen LogP) is 4.84. The van der Waals surface area contributed by atoms with E-state index in [1.807, 2.05) is 12.1 Å². The summed E-state index contributed by atoms with van der Waals surface area (Å²) in [5, 5.41) is 0. The smallest absolute Gasteiger partial charge is 0.202 e. The molecule has 194 valence electrons. The number of hydrogen-bond acceptors (Lipinski definition) is 5. The largest absolute Gasteiger partial charge is 0.303 e. The number of imidazole rings is 1. The maximum atomic E-state index is 15.6. The Hall–Kier alpha value is -2.29. The van der Waals surface area contributed by atoms with Crippen molar-refractivity contribution in [3.63, 3.8) is 0 Å². The molecule has 2 saturated heterocycles. The number of nitrogens with zero attached hydrogens (tertiary/aromatic N) is 4. The minimum Gasteiger partial charge on any atom is -0.303 e. The quantitative estimate of drug-likeness (QED) is 0.442. The van der Waals surface area contributed by atoms with Crippen molar-refractivity contribution in [1.82, 2.24) is 19.2 Å². The normalized spacial score (nSPS) is 19.5. The number of pyridine rings is 1. The molecular formula is C28H37FN4O2S. The van der Waals surface area contributed by atoms with Crippen LogP contribution in [0.15, 0.2) is 47.5 Å². The number of sulfone groups is 1. The molecule has 5 rings (SSSR count). The lowest BCUT2D eigenvalue weighted by atomic mass is 9.88. The van der Waals surface area contributed by atoms with E-state index in [1.165, 1.54) is 43.1 Å². The Bertz CT molecular complexity index is 1300. The molecule has 8 heteroatoms. The first kappa shape index (κ1) is 25.4. The summed E-state index contributed by atoms with van der Waals surface area (Å²) in [4.78, 5) is 10.1. The number of hydrogen-bond donors (Lipinski definition) is 0. The lowest BCUT2D eigenvalue weighted by Gasteiger charge is -2.42. The van der Waals surface area contributed by atoms with Crippen LogP contribution in [0.3, 0.4) is 0 Å². The molecule has 0 atom stereocenters. The van der Waals surface area contributed by atoms with Crippen molar-refractivity contribution in [2.24, 2.45) is 5.92 Å². The van der Waals surface area contributed by atoms with Crippen LogP contribution in [0.4, 0.5) is 4.39 Å². The summed E-state index contributed by atoms with van der Waals surface area (Å²) in [6.45, 7) is 10.2. The van der Waals surface area contributed by atoms with Gasteiger partial charge in [0.05, 0.1) is 10.6 Å². The predicted molar refractivity (Wildman–Crippen MR) is 142 cm³/mol. The van der Waals surface area contributed by atoms with Gasteiger partial charge in [0, 0.05) is 36.2 Å². The number of benzene rings is 1. The summed E-state index contributed by atoms with van der Waals surface area (Å²) in [6, 6.07) is 11.0. The average molecular weight is 513 g/mol. The van der Waals surface area contributed by atoms with E-state index in [0.717, 1.165) is 43.0 Å². The molecule has 4 heterocycles. The molecule has 6 nitrogen and oxygen atoms in total. The molecule has 0 aliphatic carbocycles.